The van der Waals surface area contributed by atoms with Gasteiger partial charge in [-0.2, -0.15) is 0 Å². The molecule has 0 aliphatic carbocycles. The summed E-state index contributed by atoms with van der Waals surface area (Å²) in [5.41, 5.74) is 8.15. The topological polar surface area (TPSA) is 56.5 Å². The minimum Gasteiger partial charge on any atom is -0.497 e. The maximum Gasteiger partial charge on any atom is 0.126 e. The van der Waals surface area contributed by atoms with Crippen LogP contribution in [0.3, 0.4) is 0 Å². The van der Waals surface area contributed by atoms with Gasteiger partial charge in [-0.25, -0.2) is 0 Å². The van der Waals surface area contributed by atoms with E-state index in [2.05, 4.69) is 12.2 Å². The van der Waals surface area contributed by atoms with Gasteiger partial charge in [0.1, 0.15) is 11.5 Å². The van der Waals surface area contributed by atoms with Crippen LogP contribution in [0.2, 0.25) is 0 Å². The number of hydrogen-bond acceptors (Lipinski definition) is 4. The Morgan fingerprint density at radius 3 is 2.42 bits per heavy atom. The molecular formula is C15H26N2O2. The van der Waals surface area contributed by atoms with E-state index in [0.29, 0.717) is 0 Å². The van der Waals surface area contributed by atoms with Crippen molar-refractivity contribution in [3.8, 4) is 11.5 Å². The van der Waals surface area contributed by atoms with Crippen LogP contribution in [0.15, 0.2) is 12.1 Å². The molecule has 1 aromatic carbocycles. The summed E-state index contributed by atoms with van der Waals surface area (Å²) in [6, 6.07) is 3.96. The fourth-order valence-electron chi connectivity index (χ4n) is 2.00. The maximum absolute atomic E-state index is 5.94. The van der Waals surface area contributed by atoms with Crippen LogP contribution in [0.5, 0.6) is 11.5 Å². The SMILES string of the molecule is COc1cc(C)c(CCNCC(C)(C)N)c(OC)c1. The van der Waals surface area contributed by atoms with E-state index in [4.69, 9.17) is 15.2 Å². The van der Waals surface area contributed by atoms with Crippen LogP contribution >= 0.6 is 0 Å². The highest BCUT2D eigenvalue weighted by Gasteiger charge is 2.11. The quantitative estimate of drug-likeness (QED) is 0.740. The van der Waals surface area contributed by atoms with Crippen LogP contribution in [-0.4, -0.2) is 32.8 Å². The van der Waals surface area contributed by atoms with Crippen molar-refractivity contribution < 1.29 is 9.47 Å². The summed E-state index contributed by atoms with van der Waals surface area (Å²) in [6.45, 7) is 7.78. The van der Waals surface area contributed by atoms with Gasteiger partial charge in [0.05, 0.1) is 14.2 Å². The molecule has 0 spiro atoms. The van der Waals surface area contributed by atoms with E-state index in [1.807, 2.05) is 26.0 Å². The maximum atomic E-state index is 5.94. The molecule has 0 saturated carbocycles. The van der Waals surface area contributed by atoms with Crippen molar-refractivity contribution in [3.05, 3.63) is 23.3 Å². The zero-order valence-electron chi connectivity index (χ0n) is 12.7. The van der Waals surface area contributed by atoms with Crippen molar-refractivity contribution in [2.45, 2.75) is 32.7 Å². The highest BCUT2D eigenvalue weighted by atomic mass is 16.5. The third-order valence-corrected chi connectivity index (χ3v) is 2.99. The lowest BCUT2D eigenvalue weighted by molar-refractivity contribution is 0.389. The van der Waals surface area contributed by atoms with E-state index in [1.54, 1.807) is 14.2 Å². The van der Waals surface area contributed by atoms with Gasteiger partial charge in [0.15, 0.2) is 0 Å². The van der Waals surface area contributed by atoms with Crippen LogP contribution in [-0.2, 0) is 6.42 Å². The fourth-order valence-corrected chi connectivity index (χ4v) is 2.00. The summed E-state index contributed by atoms with van der Waals surface area (Å²) in [5, 5.41) is 3.37. The Labute approximate surface area is 116 Å². The minimum absolute atomic E-state index is 0.182. The van der Waals surface area contributed by atoms with Gasteiger partial charge in [-0.3, -0.25) is 0 Å². The number of nitrogens with two attached hydrogens (primary N) is 1. The zero-order chi connectivity index (χ0) is 14.5. The first-order valence-corrected chi connectivity index (χ1v) is 6.58. The van der Waals surface area contributed by atoms with Gasteiger partial charge in [-0.15, -0.1) is 0 Å². The van der Waals surface area contributed by atoms with Crippen molar-refractivity contribution in [2.75, 3.05) is 27.3 Å². The zero-order valence-corrected chi connectivity index (χ0v) is 12.7. The van der Waals surface area contributed by atoms with E-state index in [-0.39, 0.29) is 5.54 Å². The van der Waals surface area contributed by atoms with Gasteiger partial charge in [0.2, 0.25) is 0 Å². The van der Waals surface area contributed by atoms with Crippen molar-refractivity contribution in [1.29, 1.82) is 0 Å². The molecule has 0 aliphatic rings. The third kappa shape index (κ3) is 5.09. The summed E-state index contributed by atoms with van der Waals surface area (Å²) in [6.07, 6.45) is 0.912. The van der Waals surface area contributed by atoms with E-state index >= 15 is 0 Å². The molecule has 0 heterocycles. The minimum atomic E-state index is -0.182. The summed E-state index contributed by atoms with van der Waals surface area (Å²) in [4.78, 5) is 0. The first-order chi connectivity index (χ1) is 8.87. The van der Waals surface area contributed by atoms with Crippen LogP contribution in [0, 0.1) is 6.92 Å². The van der Waals surface area contributed by atoms with Gasteiger partial charge < -0.3 is 20.5 Å². The predicted octanol–water partition coefficient (Wildman–Crippen LogP) is 1.88. The first kappa shape index (κ1) is 15.8. The molecule has 0 aromatic heterocycles. The van der Waals surface area contributed by atoms with Gasteiger partial charge in [0, 0.05) is 18.2 Å². The Hall–Kier alpha value is -1.26. The number of ether oxygens (including phenoxy) is 2. The monoisotopic (exact) mass is 266 g/mol. The molecular weight excluding hydrogens is 240 g/mol. The molecule has 4 heteroatoms. The molecule has 0 radical (unpaired) electrons. The average Bonchev–Trinajstić information content (AvgIpc) is 2.34. The van der Waals surface area contributed by atoms with E-state index in [0.717, 1.165) is 31.0 Å². The lowest BCUT2D eigenvalue weighted by Crippen LogP contribution is -2.43. The molecule has 3 N–H and O–H groups in total. The normalized spacial score (nSPS) is 11.5. The van der Waals surface area contributed by atoms with Crippen molar-refractivity contribution in [1.82, 2.24) is 5.32 Å². The molecule has 0 amide bonds. The fraction of sp³-hybridized carbons (Fsp3) is 0.600. The molecule has 0 aliphatic heterocycles. The van der Waals surface area contributed by atoms with Gasteiger partial charge in [-0.05, 0) is 50.9 Å². The highest BCUT2D eigenvalue weighted by Crippen LogP contribution is 2.28. The number of methoxy groups -OCH3 is 2. The lowest BCUT2D eigenvalue weighted by atomic mass is 10.0. The molecule has 1 rings (SSSR count). The summed E-state index contributed by atoms with van der Waals surface area (Å²) < 4.78 is 10.7. The second kappa shape index (κ2) is 6.78. The Morgan fingerprint density at radius 2 is 1.89 bits per heavy atom. The smallest absolute Gasteiger partial charge is 0.126 e. The number of hydrogen-bond donors (Lipinski definition) is 2. The lowest BCUT2D eigenvalue weighted by Gasteiger charge is -2.19. The van der Waals surface area contributed by atoms with Crippen molar-refractivity contribution in [3.63, 3.8) is 0 Å². The standard InChI is InChI=1S/C15H26N2O2/c1-11-8-12(18-4)9-14(19-5)13(11)6-7-17-10-15(2,3)16/h8-9,17H,6-7,10,16H2,1-5H3. The van der Waals surface area contributed by atoms with Crippen LogP contribution < -0.4 is 20.5 Å². The second-order valence-corrected chi connectivity index (χ2v) is 5.54. The molecule has 0 saturated heterocycles. The van der Waals surface area contributed by atoms with Crippen molar-refractivity contribution in [2.24, 2.45) is 5.73 Å². The Balaban J connectivity index is 2.67. The first-order valence-electron chi connectivity index (χ1n) is 6.58. The summed E-state index contributed by atoms with van der Waals surface area (Å²) in [5.74, 6) is 1.71. The number of rotatable bonds is 7. The molecule has 1 aromatic rings. The van der Waals surface area contributed by atoms with E-state index in [1.165, 1.54) is 11.1 Å². The predicted molar refractivity (Wildman–Crippen MR) is 79.1 cm³/mol. The summed E-state index contributed by atoms with van der Waals surface area (Å²) >= 11 is 0. The molecule has 0 unspecified atom stereocenters. The van der Waals surface area contributed by atoms with E-state index < -0.39 is 0 Å². The van der Waals surface area contributed by atoms with Gasteiger partial charge in [0.25, 0.3) is 0 Å². The molecule has 0 atom stereocenters. The number of nitrogens with one attached hydrogen (secondary N) is 1. The molecule has 19 heavy (non-hydrogen) atoms. The molecule has 0 fully saturated rings. The van der Waals surface area contributed by atoms with Gasteiger partial charge >= 0.3 is 0 Å². The highest BCUT2D eigenvalue weighted by molar-refractivity contribution is 5.46. The Bertz CT molecular complexity index is 411. The molecule has 4 nitrogen and oxygen atoms in total. The number of benzene rings is 1. The summed E-state index contributed by atoms with van der Waals surface area (Å²) in [7, 11) is 3.35. The van der Waals surface area contributed by atoms with Crippen LogP contribution in [0.1, 0.15) is 25.0 Å². The third-order valence-electron chi connectivity index (χ3n) is 2.99. The largest absolute Gasteiger partial charge is 0.497 e. The van der Waals surface area contributed by atoms with Crippen molar-refractivity contribution >= 4 is 0 Å². The average molecular weight is 266 g/mol. The van der Waals surface area contributed by atoms with Crippen LogP contribution in [0.25, 0.3) is 0 Å². The molecule has 108 valence electrons. The van der Waals surface area contributed by atoms with E-state index in [9.17, 15) is 0 Å². The van der Waals surface area contributed by atoms with Gasteiger partial charge in [-0.1, -0.05) is 0 Å². The molecule has 0 bridgehead atoms. The Kier molecular flexibility index (Phi) is 5.63. The Morgan fingerprint density at radius 1 is 1.21 bits per heavy atom. The van der Waals surface area contributed by atoms with Crippen LogP contribution in [0.4, 0.5) is 0 Å². The second-order valence-electron chi connectivity index (χ2n) is 5.54. The number of aryl methyl sites for hydroxylation is 1.